The third kappa shape index (κ3) is 4.23. The van der Waals surface area contributed by atoms with E-state index in [2.05, 4.69) is 20.6 Å². The van der Waals surface area contributed by atoms with Crippen LogP contribution in [0.3, 0.4) is 0 Å². The first-order valence-electron chi connectivity index (χ1n) is 9.65. The zero-order chi connectivity index (χ0) is 21.3. The molecule has 0 aliphatic rings. The summed E-state index contributed by atoms with van der Waals surface area (Å²) in [6.45, 7) is 5.92. The quantitative estimate of drug-likeness (QED) is 0.399. The number of carbonyl (C=O) groups excluding carboxylic acids is 1. The molecule has 1 heterocycles. The average molecular weight is 415 g/mol. The van der Waals surface area contributed by atoms with Gasteiger partial charge in [0.15, 0.2) is 5.11 Å². The van der Waals surface area contributed by atoms with E-state index in [1.807, 2.05) is 81.4 Å². The number of nitrogens with one attached hydrogen (secondary N) is 3. The first-order valence-corrected chi connectivity index (χ1v) is 10.1. The van der Waals surface area contributed by atoms with Crippen molar-refractivity contribution in [3.63, 3.8) is 0 Å². The number of rotatable bonds is 3. The van der Waals surface area contributed by atoms with Crippen LogP contribution < -0.4 is 10.6 Å². The molecule has 3 aromatic carbocycles. The molecule has 0 radical (unpaired) electrons. The average Bonchev–Trinajstić information content (AvgIpc) is 3.13. The number of fused-ring (bicyclic) bond motifs is 1. The summed E-state index contributed by atoms with van der Waals surface area (Å²) < 4.78 is 0. The molecule has 5 nitrogen and oxygen atoms in total. The fraction of sp³-hybridized carbons (Fsp3) is 0.125. The number of hydrogen-bond acceptors (Lipinski definition) is 3. The summed E-state index contributed by atoms with van der Waals surface area (Å²) in [5.74, 6) is 0.551. The van der Waals surface area contributed by atoms with Gasteiger partial charge < -0.3 is 10.3 Å². The molecule has 0 aliphatic heterocycles. The van der Waals surface area contributed by atoms with Gasteiger partial charge in [-0.3, -0.25) is 10.1 Å². The number of amides is 1. The van der Waals surface area contributed by atoms with Crippen LogP contribution in [0.25, 0.3) is 22.4 Å². The number of aryl methyl sites for hydroxylation is 3. The molecule has 4 aromatic rings. The van der Waals surface area contributed by atoms with Crippen molar-refractivity contribution in [2.75, 3.05) is 5.32 Å². The van der Waals surface area contributed by atoms with E-state index < -0.39 is 0 Å². The molecule has 1 amide bonds. The van der Waals surface area contributed by atoms with Crippen LogP contribution in [0.1, 0.15) is 27.0 Å². The van der Waals surface area contributed by atoms with Crippen LogP contribution in [0, 0.1) is 20.8 Å². The lowest BCUT2D eigenvalue weighted by Crippen LogP contribution is -2.34. The minimum atomic E-state index is -0.231. The van der Waals surface area contributed by atoms with E-state index in [0.717, 1.165) is 44.8 Å². The van der Waals surface area contributed by atoms with Crippen molar-refractivity contribution in [2.24, 2.45) is 0 Å². The third-order valence-electron chi connectivity index (χ3n) is 4.86. The smallest absolute Gasteiger partial charge is 0.257 e. The summed E-state index contributed by atoms with van der Waals surface area (Å²) in [7, 11) is 0. The van der Waals surface area contributed by atoms with E-state index in [1.54, 1.807) is 0 Å². The van der Waals surface area contributed by atoms with Crippen molar-refractivity contribution in [1.29, 1.82) is 0 Å². The molecule has 0 unspecified atom stereocenters. The van der Waals surface area contributed by atoms with E-state index in [4.69, 9.17) is 12.2 Å². The molecule has 3 N–H and O–H groups in total. The van der Waals surface area contributed by atoms with E-state index >= 15 is 0 Å². The highest BCUT2D eigenvalue weighted by Crippen LogP contribution is 2.25. The Balaban J connectivity index is 1.53. The number of thiocarbonyl (C=S) groups is 1. The van der Waals surface area contributed by atoms with Gasteiger partial charge in [0.1, 0.15) is 5.82 Å². The molecule has 0 saturated carbocycles. The van der Waals surface area contributed by atoms with Crippen LogP contribution in [0.4, 0.5) is 5.69 Å². The van der Waals surface area contributed by atoms with E-state index in [9.17, 15) is 4.79 Å². The molecular formula is C24H22N4OS. The van der Waals surface area contributed by atoms with Crippen molar-refractivity contribution < 1.29 is 4.79 Å². The Morgan fingerprint density at radius 2 is 1.70 bits per heavy atom. The minimum Gasteiger partial charge on any atom is -0.338 e. The first kappa shape index (κ1) is 19.8. The number of nitrogens with zero attached hydrogens (tertiary/aromatic N) is 1. The fourth-order valence-electron chi connectivity index (χ4n) is 3.43. The normalized spacial score (nSPS) is 10.8. The van der Waals surface area contributed by atoms with Crippen LogP contribution in [-0.4, -0.2) is 21.0 Å². The SMILES string of the molecule is Cc1cc(C)cc(C(=O)NC(=S)Nc2cc(-c3nc4ccccc4[nH]3)ccc2C)c1. The zero-order valence-electron chi connectivity index (χ0n) is 17.0. The summed E-state index contributed by atoms with van der Waals surface area (Å²) >= 11 is 5.38. The highest BCUT2D eigenvalue weighted by molar-refractivity contribution is 7.80. The monoisotopic (exact) mass is 414 g/mol. The van der Waals surface area contributed by atoms with E-state index in [-0.39, 0.29) is 11.0 Å². The number of para-hydroxylation sites is 2. The summed E-state index contributed by atoms with van der Waals surface area (Å²) in [6.07, 6.45) is 0. The van der Waals surface area contributed by atoms with Gasteiger partial charge in [-0.15, -0.1) is 0 Å². The van der Waals surface area contributed by atoms with Crippen molar-refractivity contribution in [3.05, 3.63) is 82.9 Å². The minimum absolute atomic E-state index is 0.231. The maximum Gasteiger partial charge on any atom is 0.257 e. The largest absolute Gasteiger partial charge is 0.338 e. The molecule has 0 bridgehead atoms. The predicted molar refractivity (Wildman–Crippen MR) is 126 cm³/mol. The Labute approximate surface area is 180 Å². The molecular weight excluding hydrogens is 392 g/mol. The zero-order valence-corrected chi connectivity index (χ0v) is 17.9. The Kier molecular flexibility index (Phi) is 5.33. The van der Waals surface area contributed by atoms with Gasteiger partial charge in [0.2, 0.25) is 0 Å². The molecule has 6 heteroatoms. The lowest BCUT2D eigenvalue weighted by molar-refractivity contribution is 0.0977. The molecule has 0 atom stereocenters. The highest BCUT2D eigenvalue weighted by atomic mass is 32.1. The Bertz CT molecular complexity index is 1220. The first-order chi connectivity index (χ1) is 14.4. The number of carbonyl (C=O) groups is 1. The number of H-pyrrole nitrogens is 1. The van der Waals surface area contributed by atoms with Gasteiger partial charge in [-0.05, 0) is 68.9 Å². The fourth-order valence-corrected chi connectivity index (χ4v) is 3.63. The van der Waals surface area contributed by atoms with Crippen LogP contribution >= 0.6 is 12.2 Å². The summed E-state index contributed by atoms with van der Waals surface area (Å²) in [4.78, 5) is 20.6. The summed E-state index contributed by atoms with van der Waals surface area (Å²) in [6, 6.07) is 19.6. The Morgan fingerprint density at radius 1 is 0.967 bits per heavy atom. The number of imidazole rings is 1. The van der Waals surface area contributed by atoms with Crippen LogP contribution in [-0.2, 0) is 0 Å². The Hall–Kier alpha value is -3.51. The van der Waals surface area contributed by atoms with Gasteiger partial charge in [0.05, 0.1) is 11.0 Å². The molecule has 30 heavy (non-hydrogen) atoms. The summed E-state index contributed by atoms with van der Waals surface area (Å²) in [5, 5.41) is 6.16. The van der Waals surface area contributed by atoms with Crippen LogP contribution in [0.2, 0.25) is 0 Å². The van der Waals surface area contributed by atoms with Gasteiger partial charge in [-0.25, -0.2) is 4.98 Å². The maximum atomic E-state index is 12.6. The molecule has 1 aromatic heterocycles. The van der Waals surface area contributed by atoms with Crippen molar-refractivity contribution in [2.45, 2.75) is 20.8 Å². The molecule has 0 aliphatic carbocycles. The van der Waals surface area contributed by atoms with Crippen molar-refractivity contribution >= 4 is 40.0 Å². The molecule has 4 rings (SSSR count). The lowest BCUT2D eigenvalue weighted by Gasteiger charge is -2.13. The third-order valence-corrected chi connectivity index (χ3v) is 5.06. The Morgan fingerprint density at radius 3 is 2.43 bits per heavy atom. The highest BCUT2D eigenvalue weighted by Gasteiger charge is 2.12. The standard InChI is InChI=1S/C24H22N4OS/c1-14-10-15(2)12-18(11-14)23(29)28-24(30)27-21-13-17(9-8-16(21)3)22-25-19-6-4-5-7-20(19)26-22/h4-13H,1-3H3,(H,25,26)(H2,27,28,29,30). The van der Waals surface area contributed by atoms with E-state index in [1.165, 1.54) is 0 Å². The molecule has 0 fully saturated rings. The number of anilines is 1. The van der Waals surface area contributed by atoms with Crippen LogP contribution in [0.15, 0.2) is 60.7 Å². The van der Waals surface area contributed by atoms with Crippen molar-refractivity contribution in [1.82, 2.24) is 15.3 Å². The lowest BCUT2D eigenvalue weighted by atomic mass is 10.1. The van der Waals surface area contributed by atoms with Crippen molar-refractivity contribution in [3.8, 4) is 11.4 Å². The summed E-state index contributed by atoms with van der Waals surface area (Å²) in [5.41, 5.74) is 7.32. The van der Waals surface area contributed by atoms with Gasteiger partial charge in [-0.2, -0.15) is 0 Å². The van der Waals surface area contributed by atoms with Gasteiger partial charge in [0, 0.05) is 16.8 Å². The molecule has 0 saturated heterocycles. The van der Waals surface area contributed by atoms with Crippen LogP contribution in [0.5, 0.6) is 0 Å². The molecule has 0 spiro atoms. The second-order valence-electron chi connectivity index (χ2n) is 7.42. The van der Waals surface area contributed by atoms with Gasteiger partial charge in [0.25, 0.3) is 5.91 Å². The number of aromatic nitrogens is 2. The number of aromatic amines is 1. The van der Waals surface area contributed by atoms with Gasteiger partial charge in [-0.1, -0.05) is 41.5 Å². The predicted octanol–water partition coefficient (Wildman–Crippen LogP) is 5.28. The second-order valence-corrected chi connectivity index (χ2v) is 7.83. The maximum absolute atomic E-state index is 12.6. The second kappa shape index (κ2) is 8.08. The topological polar surface area (TPSA) is 69.8 Å². The number of benzene rings is 3. The number of hydrogen-bond donors (Lipinski definition) is 3. The molecule has 150 valence electrons. The van der Waals surface area contributed by atoms with E-state index in [0.29, 0.717) is 5.56 Å². The van der Waals surface area contributed by atoms with Gasteiger partial charge >= 0.3 is 0 Å².